The third-order valence-electron chi connectivity index (χ3n) is 3.79. The van der Waals surface area contributed by atoms with E-state index < -0.39 is 18.5 Å². The van der Waals surface area contributed by atoms with Crippen molar-refractivity contribution in [1.82, 2.24) is 10.3 Å². The Hall–Kier alpha value is -3.35. The lowest BCUT2D eigenvalue weighted by Gasteiger charge is -2.11. The molecule has 0 aliphatic rings. The van der Waals surface area contributed by atoms with Gasteiger partial charge in [-0.25, -0.2) is 9.78 Å². The Kier molecular flexibility index (Phi) is 5.17. The number of hydrogen-bond acceptors (Lipinski definition) is 6. The van der Waals surface area contributed by atoms with Crippen molar-refractivity contribution in [3.63, 3.8) is 0 Å². The normalized spacial score (nSPS) is 11.8. The first kappa shape index (κ1) is 17.5. The van der Waals surface area contributed by atoms with E-state index in [0.29, 0.717) is 17.0 Å². The molecule has 1 atom stereocenters. The van der Waals surface area contributed by atoms with Gasteiger partial charge in [-0.3, -0.25) is 4.79 Å². The van der Waals surface area contributed by atoms with Gasteiger partial charge in [-0.2, -0.15) is 0 Å². The molecule has 1 aromatic carbocycles. The van der Waals surface area contributed by atoms with E-state index in [1.165, 1.54) is 6.26 Å². The summed E-state index contributed by atoms with van der Waals surface area (Å²) < 4.78 is 15.4. The monoisotopic (exact) mass is 354 g/mol. The highest BCUT2D eigenvalue weighted by Gasteiger charge is 2.15. The van der Waals surface area contributed by atoms with Gasteiger partial charge in [0.25, 0.3) is 5.91 Å². The number of benzene rings is 1. The lowest BCUT2D eigenvalue weighted by molar-refractivity contribution is -0.125. The topological polar surface area (TPSA) is 90.7 Å². The van der Waals surface area contributed by atoms with Crippen LogP contribution in [0.2, 0.25) is 0 Å². The highest BCUT2D eigenvalue weighted by atomic mass is 16.5. The molecule has 0 fully saturated rings. The lowest BCUT2D eigenvalue weighted by Crippen LogP contribution is -2.31. The van der Waals surface area contributed by atoms with Crippen LogP contribution in [0.25, 0.3) is 10.9 Å². The first-order valence-corrected chi connectivity index (χ1v) is 8.01. The number of carbonyl (C=O) groups is 2. The molecule has 3 aromatic rings. The van der Waals surface area contributed by atoms with E-state index in [4.69, 9.17) is 13.9 Å². The van der Waals surface area contributed by atoms with Gasteiger partial charge >= 0.3 is 5.97 Å². The van der Waals surface area contributed by atoms with Crippen molar-refractivity contribution in [1.29, 1.82) is 0 Å². The molecule has 3 rings (SSSR count). The number of esters is 1. The summed E-state index contributed by atoms with van der Waals surface area (Å²) in [6.45, 7) is 1.38. The first-order valence-electron chi connectivity index (χ1n) is 8.01. The number of hydrogen-bond donors (Lipinski definition) is 1. The predicted octanol–water partition coefficient (Wildman–Crippen LogP) is 2.87. The van der Waals surface area contributed by atoms with Crippen LogP contribution in [0.4, 0.5) is 0 Å². The Balaban J connectivity index is 1.59. The van der Waals surface area contributed by atoms with Crippen LogP contribution in [0.15, 0.2) is 53.1 Å². The van der Waals surface area contributed by atoms with Gasteiger partial charge in [0.1, 0.15) is 17.2 Å². The van der Waals surface area contributed by atoms with E-state index in [2.05, 4.69) is 10.3 Å². The standard InChI is InChI=1S/C19H18N2O5/c1-12(17-4-3-9-25-17)20-18(22)11-26-19(23)16-7-5-13-10-14(24-2)6-8-15(13)21-16/h3-10,12H,11H2,1-2H3,(H,20,22)/t12-/m0/s1. The van der Waals surface area contributed by atoms with Crippen molar-refractivity contribution < 1.29 is 23.5 Å². The number of methoxy groups -OCH3 is 1. The second-order valence-corrected chi connectivity index (χ2v) is 5.64. The maximum absolute atomic E-state index is 12.1. The number of nitrogens with zero attached hydrogens (tertiary/aromatic N) is 1. The van der Waals surface area contributed by atoms with Crippen LogP contribution in [-0.2, 0) is 9.53 Å². The number of aromatic nitrogens is 1. The minimum absolute atomic E-state index is 0.134. The fourth-order valence-corrected chi connectivity index (χ4v) is 2.44. The van der Waals surface area contributed by atoms with E-state index in [1.54, 1.807) is 50.4 Å². The molecule has 0 bridgehead atoms. The average molecular weight is 354 g/mol. The molecule has 0 aliphatic carbocycles. The van der Waals surface area contributed by atoms with Gasteiger partial charge in [-0.1, -0.05) is 6.07 Å². The lowest BCUT2D eigenvalue weighted by atomic mass is 10.2. The number of pyridine rings is 1. The molecule has 7 heteroatoms. The maximum atomic E-state index is 12.1. The second kappa shape index (κ2) is 7.69. The molecule has 0 radical (unpaired) electrons. The fourth-order valence-electron chi connectivity index (χ4n) is 2.44. The number of nitrogens with one attached hydrogen (secondary N) is 1. The van der Waals surface area contributed by atoms with Gasteiger partial charge in [-0.15, -0.1) is 0 Å². The van der Waals surface area contributed by atoms with Gasteiger partial charge in [0.15, 0.2) is 6.61 Å². The second-order valence-electron chi connectivity index (χ2n) is 5.64. The quantitative estimate of drug-likeness (QED) is 0.685. The molecular weight excluding hydrogens is 336 g/mol. The largest absolute Gasteiger partial charge is 0.497 e. The predicted molar refractivity (Wildman–Crippen MR) is 93.8 cm³/mol. The summed E-state index contributed by atoms with van der Waals surface area (Å²) in [5.41, 5.74) is 0.769. The molecule has 1 amide bonds. The zero-order valence-electron chi connectivity index (χ0n) is 14.4. The molecule has 0 aliphatic heterocycles. The molecule has 0 saturated carbocycles. The van der Waals surface area contributed by atoms with E-state index in [-0.39, 0.29) is 11.7 Å². The molecule has 2 heterocycles. The van der Waals surface area contributed by atoms with Crippen molar-refractivity contribution in [3.8, 4) is 5.75 Å². The number of ether oxygens (including phenoxy) is 2. The molecule has 134 valence electrons. The molecule has 0 spiro atoms. The van der Waals surface area contributed by atoms with Crippen molar-refractivity contribution in [3.05, 3.63) is 60.2 Å². The van der Waals surface area contributed by atoms with Gasteiger partial charge in [0.05, 0.1) is 24.9 Å². The molecule has 0 unspecified atom stereocenters. The van der Waals surface area contributed by atoms with Crippen molar-refractivity contribution in [2.24, 2.45) is 0 Å². The minimum atomic E-state index is -0.663. The number of carbonyl (C=O) groups excluding carboxylic acids is 2. The van der Waals surface area contributed by atoms with Crippen LogP contribution in [0.5, 0.6) is 5.75 Å². The maximum Gasteiger partial charge on any atom is 0.357 e. The number of furan rings is 1. The van der Waals surface area contributed by atoms with E-state index in [1.807, 2.05) is 6.07 Å². The summed E-state index contributed by atoms with van der Waals surface area (Å²) >= 11 is 0. The smallest absolute Gasteiger partial charge is 0.357 e. The summed E-state index contributed by atoms with van der Waals surface area (Å²) in [6.07, 6.45) is 1.53. The summed E-state index contributed by atoms with van der Waals surface area (Å²) in [5, 5.41) is 3.53. The van der Waals surface area contributed by atoms with Gasteiger partial charge < -0.3 is 19.2 Å². The molecule has 26 heavy (non-hydrogen) atoms. The molecular formula is C19H18N2O5. The highest BCUT2D eigenvalue weighted by molar-refractivity contribution is 5.92. The molecule has 2 aromatic heterocycles. The van der Waals surface area contributed by atoms with Crippen LogP contribution in [0.3, 0.4) is 0 Å². The van der Waals surface area contributed by atoms with Crippen LogP contribution < -0.4 is 10.1 Å². The number of fused-ring (bicyclic) bond motifs is 1. The van der Waals surface area contributed by atoms with Gasteiger partial charge in [0, 0.05) is 5.39 Å². The minimum Gasteiger partial charge on any atom is -0.497 e. The zero-order chi connectivity index (χ0) is 18.5. The zero-order valence-corrected chi connectivity index (χ0v) is 14.4. The molecule has 1 N–H and O–H groups in total. The molecule has 7 nitrogen and oxygen atoms in total. The first-order chi connectivity index (χ1) is 12.6. The number of rotatable bonds is 6. The van der Waals surface area contributed by atoms with E-state index in [0.717, 1.165) is 5.39 Å². The highest BCUT2D eigenvalue weighted by Crippen LogP contribution is 2.19. The SMILES string of the molecule is COc1ccc2nc(C(=O)OCC(=O)N[C@@H](C)c3ccco3)ccc2c1. The third kappa shape index (κ3) is 4.00. The summed E-state index contributed by atoms with van der Waals surface area (Å²) in [6, 6.07) is 11.8. The van der Waals surface area contributed by atoms with E-state index in [9.17, 15) is 9.59 Å². The van der Waals surface area contributed by atoms with Crippen molar-refractivity contribution in [2.45, 2.75) is 13.0 Å². The average Bonchev–Trinajstić information content (AvgIpc) is 3.20. The van der Waals surface area contributed by atoms with Crippen LogP contribution >= 0.6 is 0 Å². The summed E-state index contributed by atoms with van der Waals surface area (Å²) in [5.74, 6) is 0.240. The van der Waals surface area contributed by atoms with Crippen LogP contribution in [0, 0.1) is 0 Å². The van der Waals surface area contributed by atoms with E-state index >= 15 is 0 Å². The van der Waals surface area contributed by atoms with Crippen LogP contribution in [0.1, 0.15) is 29.2 Å². The Morgan fingerprint density at radius 2 is 2.08 bits per heavy atom. The third-order valence-corrected chi connectivity index (χ3v) is 3.79. The van der Waals surface area contributed by atoms with Crippen LogP contribution in [-0.4, -0.2) is 30.6 Å². The van der Waals surface area contributed by atoms with Crippen molar-refractivity contribution >= 4 is 22.8 Å². The van der Waals surface area contributed by atoms with Gasteiger partial charge in [-0.05, 0) is 43.3 Å². The number of amides is 1. The Bertz CT molecular complexity index is 921. The van der Waals surface area contributed by atoms with Gasteiger partial charge in [0.2, 0.25) is 0 Å². The molecule has 0 saturated heterocycles. The Morgan fingerprint density at radius 3 is 2.81 bits per heavy atom. The summed E-state index contributed by atoms with van der Waals surface area (Å²) in [7, 11) is 1.58. The fraction of sp³-hybridized carbons (Fsp3) is 0.211. The summed E-state index contributed by atoms with van der Waals surface area (Å²) in [4.78, 5) is 28.3. The van der Waals surface area contributed by atoms with Crippen molar-refractivity contribution in [2.75, 3.05) is 13.7 Å². The Morgan fingerprint density at radius 1 is 1.23 bits per heavy atom. The Labute approximate surface area is 149 Å².